The van der Waals surface area contributed by atoms with Crippen molar-refractivity contribution in [3.05, 3.63) is 59.7 Å². The molecule has 3 rings (SSSR count). The molecule has 7 N–H and O–H groups in total. The molecule has 0 aliphatic rings. The Bertz CT molecular complexity index is 1440. The normalized spacial score (nSPS) is 11.4. The highest BCUT2D eigenvalue weighted by molar-refractivity contribution is 7.96. The summed E-state index contributed by atoms with van der Waals surface area (Å²) < 4.78 is 13.5. The number of hydrogen-bond acceptors (Lipinski definition) is 18. The fraction of sp³-hybridized carbons (Fsp3) is 0.0909. The van der Waals surface area contributed by atoms with Crippen LogP contribution in [0.1, 0.15) is 15.9 Å². The molecule has 0 saturated heterocycles. The number of nitrogens with zero attached hydrogens (tertiary/aromatic N) is 4. The quantitative estimate of drug-likeness (QED) is 0.0311. The molecule has 3 aromatic rings. The summed E-state index contributed by atoms with van der Waals surface area (Å²) >= 11 is 1.99. The molecule has 0 aliphatic carbocycles. The minimum absolute atomic E-state index is 0.0292. The SMILES string of the molecule is Cc1ccc(N=Nc2c(C(=O)O)cc(N)c(N=Nc3ccc(SOC(=O)CSOOO)cc3)c2N)c(SOOO)c1. The van der Waals surface area contributed by atoms with Crippen molar-refractivity contribution in [1.82, 2.24) is 0 Å². The lowest BCUT2D eigenvalue weighted by Gasteiger charge is -2.10. The number of carboxylic acids is 1. The number of nitrogen functional groups attached to an aromatic ring is 2. The van der Waals surface area contributed by atoms with Crippen molar-refractivity contribution in [2.75, 3.05) is 17.2 Å². The van der Waals surface area contributed by atoms with Crippen molar-refractivity contribution in [2.24, 2.45) is 20.5 Å². The van der Waals surface area contributed by atoms with Crippen LogP contribution in [-0.4, -0.2) is 33.3 Å². The zero-order chi connectivity index (χ0) is 29.8. The number of benzene rings is 3. The van der Waals surface area contributed by atoms with Gasteiger partial charge in [-0.3, -0.25) is 4.79 Å². The van der Waals surface area contributed by atoms with E-state index in [0.717, 1.165) is 23.7 Å². The Morgan fingerprint density at radius 3 is 2.27 bits per heavy atom. The Labute approximate surface area is 244 Å². The molecule has 19 heteroatoms. The molecule has 216 valence electrons. The zero-order valence-electron chi connectivity index (χ0n) is 20.7. The summed E-state index contributed by atoms with van der Waals surface area (Å²) in [5.74, 6) is -2.20. The molecule has 0 aromatic heterocycles. The summed E-state index contributed by atoms with van der Waals surface area (Å²) in [4.78, 5) is 24.4. The van der Waals surface area contributed by atoms with E-state index >= 15 is 0 Å². The van der Waals surface area contributed by atoms with Crippen LogP contribution in [0, 0.1) is 6.92 Å². The fourth-order valence-corrected chi connectivity index (χ4v) is 4.25. The van der Waals surface area contributed by atoms with Crippen LogP contribution in [0.2, 0.25) is 0 Å². The maximum atomic E-state index is 11.9. The number of aryl methyl sites for hydroxylation is 1. The third-order valence-electron chi connectivity index (χ3n) is 4.68. The molecule has 0 atom stereocenters. The maximum absolute atomic E-state index is 11.9. The van der Waals surface area contributed by atoms with E-state index in [2.05, 4.69) is 39.2 Å². The summed E-state index contributed by atoms with van der Waals surface area (Å²) in [6.07, 6.45) is 0. The van der Waals surface area contributed by atoms with Crippen molar-refractivity contribution in [2.45, 2.75) is 16.7 Å². The average Bonchev–Trinajstić information content (AvgIpc) is 2.95. The van der Waals surface area contributed by atoms with Crippen LogP contribution < -0.4 is 11.5 Å². The summed E-state index contributed by atoms with van der Waals surface area (Å²) in [5.41, 5.74) is 12.9. The zero-order valence-corrected chi connectivity index (χ0v) is 23.1. The fourth-order valence-electron chi connectivity index (χ4n) is 2.90. The predicted octanol–water partition coefficient (Wildman–Crippen LogP) is 6.74. The number of hydrogen-bond donors (Lipinski definition) is 5. The molecule has 0 heterocycles. The van der Waals surface area contributed by atoms with Gasteiger partial charge in [-0.2, -0.15) is 5.11 Å². The molecule has 41 heavy (non-hydrogen) atoms. The van der Waals surface area contributed by atoms with Crippen LogP contribution in [-0.2, 0) is 27.7 Å². The molecule has 0 saturated carbocycles. The van der Waals surface area contributed by atoms with Gasteiger partial charge in [-0.25, -0.2) is 15.3 Å². The summed E-state index contributed by atoms with van der Waals surface area (Å²) in [6.45, 7) is 1.82. The van der Waals surface area contributed by atoms with E-state index in [1.165, 1.54) is 0 Å². The molecule has 0 spiro atoms. The smallest absolute Gasteiger partial charge is 0.338 e. The monoisotopic (exact) mass is 624 g/mol. The molecular formula is C22H20N6O10S3. The lowest BCUT2D eigenvalue weighted by molar-refractivity contribution is -0.432. The van der Waals surface area contributed by atoms with E-state index in [0.29, 0.717) is 39.6 Å². The van der Waals surface area contributed by atoms with E-state index in [1.54, 1.807) is 42.5 Å². The van der Waals surface area contributed by atoms with Crippen molar-refractivity contribution >= 4 is 82.2 Å². The predicted molar refractivity (Wildman–Crippen MR) is 148 cm³/mol. The number of rotatable bonds is 14. The van der Waals surface area contributed by atoms with E-state index < -0.39 is 11.9 Å². The number of anilines is 2. The molecule has 3 aromatic carbocycles. The second-order valence-electron chi connectivity index (χ2n) is 7.46. The highest BCUT2D eigenvalue weighted by Gasteiger charge is 2.20. The van der Waals surface area contributed by atoms with Crippen LogP contribution in [0.3, 0.4) is 0 Å². The van der Waals surface area contributed by atoms with Gasteiger partial charge in [-0.15, -0.1) is 24.0 Å². The molecule has 0 unspecified atom stereocenters. The van der Waals surface area contributed by atoms with Gasteiger partial charge in [0.15, 0.2) is 0 Å². The number of azo groups is 2. The van der Waals surface area contributed by atoms with Crippen molar-refractivity contribution < 1.29 is 48.1 Å². The van der Waals surface area contributed by atoms with E-state index in [9.17, 15) is 14.7 Å². The van der Waals surface area contributed by atoms with E-state index in [-0.39, 0.29) is 39.8 Å². The van der Waals surface area contributed by atoms with Gasteiger partial charge in [-0.1, -0.05) is 16.1 Å². The van der Waals surface area contributed by atoms with Gasteiger partial charge in [0.05, 0.1) is 51.6 Å². The molecule has 0 bridgehead atoms. The maximum Gasteiger partial charge on any atom is 0.338 e. The average molecular weight is 625 g/mol. The molecule has 0 radical (unpaired) electrons. The summed E-state index contributed by atoms with van der Waals surface area (Å²) in [5, 5.41) is 49.5. The summed E-state index contributed by atoms with van der Waals surface area (Å²) in [7, 11) is 0. The molecule has 16 nitrogen and oxygen atoms in total. The minimum Gasteiger partial charge on any atom is -0.478 e. The first kappa shape index (κ1) is 31.7. The third-order valence-corrected chi connectivity index (χ3v) is 6.56. The third kappa shape index (κ3) is 9.38. The second-order valence-corrected chi connectivity index (χ2v) is 9.67. The van der Waals surface area contributed by atoms with Gasteiger partial charge in [0.2, 0.25) is 0 Å². The van der Waals surface area contributed by atoms with Crippen LogP contribution in [0.25, 0.3) is 0 Å². The standard InChI is InChI=1S/C22H20N6O10S3/c1-11-2-7-16(17(8-11)41-38-36-33)26-27-20-14(22(30)31)9-15(23)21(19(20)24)28-25-12-3-5-13(6-4-12)40-34-18(29)10-39-37-35-32/h2-9,32-33H,10,23-24H2,1H3,(H,30,31). The van der Waals surface area contributed by atoms with Gasteiger partial charge in [0.25, 0.3) is 0 Å². The van der Waals surface area contributed by atoms with Crippen LogP contribution in [0.5, 0.6) is 0 Å². The number of carboxylic acid groups (broad SMARTS) is 1. The second kappa shape index (κ2) is 15.9. The van der Waals surface area contributed by atoms with Crippen molar-refractivity contribution in [1.29, 1.82) is 0 Å². The first-order chi connectivity index (χ1) is 19.7. The Morgan fingerprint density at radius 2 is 1.59 bits per heavy atom. The number of carbonyl (C=O) groups is 2. The molecule has 0 fully saturated rings. The highest BCUT2D eigenvalue weighted by atomic mass is 32.2. The van der Waals surface area contributed by atoms with Crippen molar-refractivity contribution in [3.8, 4) is 0 Å². The van der Waals surface area contributed by atoms with Gasteiger partial charge in [0, 0.05) is 16.9 Å². The van der Waals surface area contributed by atoms with Crippen LogP contribution >= 0.6 is 36.1 Å². The highest BCUT2D eigenvalue weighted by Crippen LogP contribution is 2.42. The minimum atomic E-state index is -1.35. The van der Waals surface area contributed by atoms with Crippen molar-refractivity contribution in [3.63, 3.8) is 0 Å². The van der Waals surface area contributed by atoms with Gasteiger partial charge in [-0.05, 0) is 55.0 Å². The number of aromatic carboxylic acids is 1. The first-order valence-electron chi connectivity index (χ1n) is 10.8. The largest absolute Gasteiger partial charge is 0.478 e. The Hall–Kier alpha value is -3.79. The molecular weight excluding hydrogens is 604 g/mol. The Balaban J connectivity index is 1.83. The van der Waals surface area contributed by atoms with Crippen LogP contribution in [0.15, 0.2) is 78.8 Å². The van der Waals surface area contributed by atoms with E-state index in [4.69, 9.17) is 26.2 Å². The first-order valence-corrected chi connectivity index (χ1v) is 13.2. The summed E-state index contributed by atoms with van der Waals surface area (Å²) in [6, 6.07) is 12.5. The topological polar surface area (TPSA) is 242 Å². The number of carbonyl (C=O) groups excluding carboxylic acids is 1. The van der Waals surface area contributed by atoms with Gasteiger partial charge < -0.3 is 20.8 Å². The van der Waals surface area contributed by atoms with Gasteiger partial charge >= 0.3 is 11.9 Å². The molecule has 0 amide bonds. The van der Waals surface area contributed by atoms with E-state index in [1.807, 2.05) is 6.92 Å². The lowest BCUT2D eigenvalue weighted by Crippen LogP contribution is -2.02. The Kier molecular flexibility index (Phi) is 12.3. The lowest BCUT2D eigenvalue weighted by atomic mass is 10.1. The molecule has 0 aliphatic heterocycles. The van der Waals surface area contributed by atoms with Crippen LogP contribution in [0.4, 0.5) is 34.1 Å². The number of nitrogens with two attached hydrogens (primary N) is 2. The Morgan fingerprint density at radius 1 is 0.878 bits per heavy atom. The van der Waals surface area contributed by atoms with Gasteiger partial charge in [0.1, 0.15) is 22.8 Å².